The molecule has 1 amide bonds. The fourth-order valence-electron chi connectivity index (χ4n) is 4.05. The number of alkyl halides is 3. The average molecular weight is 460 g/mol. The maximum atomic E-state index is 12.5. The molecule has 10 heteroatoms. The van der Waals surface area contributed by atoms with Gasteiger partial charge in [-0.25, -0.2) is 4.79 Å². The molecule has 2 fully saturated rings. The number of carboxylic acid groups (broad SMARTS) is 1. The number of morpholine rings is 1. The van der Waals surface area contributed by atoms with Crippen LogP contribution in [0.1, 0.15) is 55.6 Å². The molecular formula is C22H32F3N3O4. The smallest absolute Gasteiger partial charge is 0.475 e. The summed E-state index contributed by atoms with van der Waals surface area (Å²) < 4.78 is 37.1. The quantitative estimate of drug-likeness (QED) is 0.677. The number of rotatable bonds is 6. The van der Waals surface area contributed by atoms with Crippen molar-refractivity contribution in [2.24, 2.45) is 11.3 Å². The molecule has 3 rings (SSSR count). The summed E-state index contributed by atoms with van der Waals surface area (Å²) in [4.78, 5) is 28.1. The second-order valence-electron chi connectivity index (χ2n) is 8.65. The van der Waals surface area contributed by atoms with E-state index in [1.54, 1.807) is 0 Å². The van der Waals surface area contributed by atoms with Gasteiger partial charge in [0.05, 0.1) is 13.2 Å². The summed E-state index contributed by atoms with van der Waals surface area (Å²) in [6.07, 6.45) is 1.75. The van der Waals surface area contributed by atoms with Crippen molar-refractivity contribution in [3.63, 3.8) is 0 Å². The number of carbonyl (C=O) groups is 2. The molecule has 1 saturated heterocycles. The number of hydrogen-bond acceptors (Lipinski definition) is 5. The van der Waals surface area contributed by atoms with Gasteiger partial charge in [0.2, 0.25) is 0 Å². The Labute approximate surface area is 186 Å². The zero-order valence-corrected chi connectivity index (χ0v) is 18.6. The summed E-state index contributed by atoms with van der Waals surface area (Å²) in [6.45, 7) is 9.69. The molecule has 0 radical (unpaired) electrons. The molecule has 32 heavy (non-hydrogen) atoms. The molecule has 180 valence electrons. The van der Waals surface area contributed by atoms with E-state index in [1.165, 1.54) is 25.7 Å². The summed E-state index contributed by atoms with van der Waals surface area (Å²) in [6, 6.07) is 3.87. The standard InChI is InChI=1S/C20H31N3O2.C2HF3O2/c1-16(2)20(7-3-4-8-20)15-22-19(24)18-6-5-17(13-21-18)14-23-9-11-25-12-10-23;3-2(4,5)1(6)7/h5-6,13,16H,3-4,7-12,14-15H2,1-2H3,(H,22,24);(H,6,7). The highest BCUT2D eigenvalue weighted by Crippen LogP contribution is 2.43. The SMILES string of the molecule is CC(C)C1(CNC(=O)c2ccc(CN3CCOCC3)cn2)CCCC1.O=C(O)C(F)(F)F. The van der Waals surface area contributed by atoms with Crippen LogP contribution in [0.2, 0.25) is 0 Å². The van der Waals surface area contributed by atoms with Crippen LogP contribution in [0.25, 0.3) is 0 Å². The Bertz CT molecular complexity index is 742. The molecule has 0 aromatic carbocycles. The molecule has 0 spiro atoms. The Balaban J connectivity index is 0.000000451. The van der Waals surface area contributed by atoms with E-state index in [1.807, 2.05) is 18.3 Å². The molecule has 0 bridgehead atoms. The number of aliphatic carboxylic acids is 1. The third-order valence-electron chi connectivity index (χ3n) is 6.23. The van der Waals surface area contributed by atoms with Gasteiger partial charge in [-0.1, -0.05) is 32.8 Å². The maximum Gasteiger partial charge on any atom is 0.490 e. The molecule has 2 heterocycles. The Morgan fingerprint density at radius 1 is 1.22 bits per heavy atom. The lowest BCUT2D eigenvalue weighted by Gasteiger charge is -2.33. The topological polar surface area (TPSA) is 91.8 Å². The van der Waals surface area contributed by atoms with Crippen LogP contribution in [0.3, 0.4) is 0 Å². The lowest BCUT2D eigenvalue weighted by atomic mass is 9.75. The molecule has 1 aromatic heterocycles. The van der Waals surface area contributed by atoms with Gasteiger partial charge in [-0.05, 0) is 35.8 Å². The van der Waals surface area contributed by atoms with Crippen LogP contribution < -0.4 is 5.32 Å². The Hall–Kier alpha value is -2.20. The third kappa shape index (κ3) is 7.74. The molecule has 1 aliphatic heterocycles. The highest BCUT2D eigenvalue weighted by Gasteiger charge is 2.38. The summed E-state index contributed by atoms with van der Waals surface area (Å²) >= 11 is 0. The monoisotopic (exact) mass is 459 g/mol. The number of hydrogen-bond donors (Lipinski definition) is 2. The van der Waals surface area contributed by atoms with Gasteiger partial charge in [0.15, 0.2) is 0 Å². The highest BCUT2D eigenvalue weighted by molar-refractivity contribution is 5.92. The summed E-state index contributed by atoms with van der Waals surface area (Å²) in [7, 11) is 0. The Morgan fingerprint density at radius 2 is 1.81 bits per heavy atom. The summed E-state index contributed by atoms with van der Waals surface area (Å²) in [5.41, 5.74) is 1.93. The number of nitrogens with zero attached hydrogens (tertiary/aromatic N) is 2. The maximum absolute atomic E-state index is 12.5. The van der Waals surface area contributed by atoms with Gasteiger partial charge in [0, 0.05) is 32.4 Å². The van der Waals surface area contributed by atoms with E-state index in [-0.39, 0.29) is 11.3 Å². The second kappa shape index (κ2) is 11.6. The van der Waals surface area contributed by atoms with Crippen LogP contribution in [0.15, 0.2) is 18.3 Å². The minimum Gasteiger partial charge on any atom is -0.475 e. The van der Waals surface area contributed by atoms with Crippen LogP contribution in [0.5, 0.6) is 0 Å². The van der Waals surface area contributed by atoms with Gasteiger partial charge in [0.25, 0.3) is 5.91 Å². The van der Waals surface area contributed by atoms with Crippen molar-refractivity contribution in [2.45, 2.75) is 52.3 Å². The molecule has 0 unspecified atom stereocenters. The van der Waals surface area contributed by atoms with Crippen molar-refractivity contribution < 1.29 is 32.6 Å². The lowest BCUT2D eigenvalue weighted by Crippen LogP contribution is -2.39. The highest BCUT2D eigenvalue weighted by atomic mass is 19.4. The number of carbonyl (C=O) groups excluding carboxylic acids is 1. The van der Waals surface area contributed by atoms with E-state index in [9.17, 15) is 18.0 Å². The Morgan fingerprint density at radius 3 is 2.28 bits per heavy atom. The fourth-order valence-corrected chi connectivity index (χ4v) is 4.05. The zero-order valence-electron chi connectivity index (χ0n) is 18.6. The average Bonchev–Trinajstić information content (AvgIpc) is 3.24. The molecule has 1 saturated carbocycles. The number of amides is 1. The van der Waals surface area contributed by atoms with Gasteiger partial charge in [-0.15, -0.1) is 0 Å². The van der Waals surface area contributed by atoms with Crippen LogP contribution in [-0.4, -0.2) is 65.9 Å². The van der Waals surface area contributed by atoms with E-state index < -0.39 is 12.1 Å². The minimum absolute atomic E-state index is 0.0511. The second-order valence-corrected chi connectivity index (χ2v) is 8.65. The van der Waals surface area contributed by atoms with Gasteiger partial charge < -0.3 is 15.2 Å². The first-order valence-corrected chi connectivity index (χ1v) is 10.9. The van der Waals surface area contributed by atoms with Crippen molar-refractivity contribution in [1.82, 2.24) is 15.2 Å². The minimum atomic E-state index is -5.08. The first-order valence-electron chi connectivity index (χ1n) is 10.9. The predicted molar refractivity (Wildman–Crippen MR) is 112 cm³/mol. The van der Waals surface area contributed by atoms with E-state index in [0.29, 0.717) is 11.6 Å². The number of halogens is 3. The van der Waals surface area contributed by atoms with Gasteiger partial charge in [-0.3, -0.25) is 14.7 Å². The van der Waals surface area contributed by atoms with E-state index >= 15 is 0 Å². The summed E-state index contributed by atoms with van der Waals surface area (Å²) in [5, 5.41) is 10.3. The largest absolute Gasteiger partial charge is 0.490 e. The Kier molecular flexibility index (Phi) is 9.45. The van der Waals surface area contributed by atoms with Crippen LogP contribution in [0, 0.1) is 11.3 Å². The molecule has 7 nitrogen and oxygen atoms in total. The van der Waals surface area contributed by atoms with E-state index in [0.717, 1.165) is 45.0 Å². The molecule has 2 N–H and O–H groups in total. The first kappa shape index (κ1) is 26.1. The van der Waals surface area contributed by atoms with Crippen LogP contribution in [0.4, 0.5) is 13.2 Å². The zero-order chi connectivity index (χ0) is 23.8. The number of pyridine rings is 1. The summed E-state index contributed by atoms with van der Waals surface area (Å²) in [5.74, 6) is -2.21. The van der Waals surface area contributed by atoms with Crippen molar-refractivity contribution in [1.29, 1.82) is 0 Å². The van der Waals surface area contributed by atoms with Crippen LogP contribution in [-0.2, 0) is 16.1 Å². The number of carboxylic acids is 1. The van der Waals surface area contributed by atoms with Gasteiger partial charge in [-0.2, -0.15) is 13.2 Å². The molecule has 1 aromatic rings. The van der Waals surface area contributed by atoms with E-state index in [4.69, 9.17) is 14.6 Å². The fraction of sp³-hybridized carbons (Fsp3) is 0.682. The first-order chi connectivity index (χ1) is 15.0. The van der Waals surface area contributed by atoms with Crippen molar-refractivity contribution in [3.05, 3.63) is 29.6 Å². The van der Waals surface area contributed by atoms with Crippen molar-refractivity contribution >= 4 is 11.9 Å². The van der Waals surface area contributed by atoms with Gasteiger partial charge >= 0.3 is 12.1 Å². The number of nitrogens with one attached hydrogen (secondary N) is 1. The molecular weight excluding hydrogens is 427 g/mol. The normalized spacial score (nSPS) is 18.7. The van der Waals surface area contributed by atoms with E-state index in [2.05, 4.69) is 29.0 Å². The van der Waals surface area contributed by atoms with Crippen molar-refractivity contribution in [3.8, 4) is 0 Å². The van der Waals surface area contributed by atoms with Gasteiger partial charge in [0.1, 0.15) is 5.69 Å². The lowest BCUT2D eigenvalue weighted by molar-refractivity contribution is -0.192. The molecule has 0 atom stereocenters. The van der Waals surface area contributed by atoms with Crippen molar-refractivity contribution in [2.75, 3.05) is 32.8 Å². The number of ether oxygens (including phenoxy) is 1. The third-order valence-corrected chi connectivity index (χ3v) is 6.23. The predicted octanol–water partition coefficient (Wildman–Crippen LogP) is 3.49. The number of aromatic nitrogens is 1. The van der Waals surface area contributed by atoms with Crippen LogP contribution >= 0.6 is 0 Å². The molecule has 2 aliphatic rings. The molecule has 1 aliphatic carbocycles.